The van der Waals surface area contributed by atoms with Crippen LogP contribution in [0.1, 0.15) is 16.7 Å². The van der Waals surface area contributed by atoms with E-state index in [0.717, 1.165) is 11.6 Å². The number of ether oxygens (including phenoxy) is 1. The van der Waals surface area contributed by atoms with E-state index in [-0.39, 0.29) is 17.2 Å². The van der Waals surface area contributed by atoms with Crippen LogP contribution in [0.2, 0.25) is 0 Å². The Bertz CT molecular complexity index is 608. The SMILES string of the molecule is Cc1ccccc1Oc1ccc(CCl)c(C(F)(F)F)c1. The highest BCUT2D eigenvalue weighted by Gasteiger charge is 2.33. The van der Waals surface area contributed by atoms with Crippen LogP contribution in [0, 0.1) is 6.92 Å². The predicted molar refractivity (Wildman–Crippen MR) is 72.3 cm³/mol. The summed E-state index contributed by atoms with van der Waals surface area (Å²) in [6.07, 6.45) is -4.45. The van der Waals surface area contributed by atoms with Crippen molar-refractivity contribution in [2.45, 2.75) is 19.0 Å². The molecule has 0 fully saturated rings. The molecule has 0 radical (unpaired) electrons. The Balaban J connectivity index is 2.37. The highest BCUT2D eigenvalue weighted by Crippen LogP contribution is 2.36. The number of alkyl halides is 4. The normalized spacial score (nSPS) is 11.4. The van der Waals surface area contributed by atoms with Crippen LogP contribution in [0.15, 0.2) is 42.5 Å². The van der Waals surface area contributed by atoms with E-state index in [1.807, 2.05) is 19.1 Å². The Morgan fingerprint density at radius 2 is 1.80 bits per heavy atom. The second-order valence-corrected chi connectivity index (χ2v) is 4.59. The molecule has 0 N–H and O–H groups in total. The van der Waals surface area contributed by atoms with Gasteiger partial charge >= 0.3 is 6.18 Å². The topological polar surface area (TPSA) is 9.23 Å². The molecule has 5 heteroatoms. The van der Waals surface area contributed by atoms with Crippen molar-refractivity contribution >= 4 is 11.6 Å². The van der Waals surface area contributed by atoms with Crippen molar-refractivity contribution in [3.8, 4) is 11.5 Å². The quantitative estimate of drug-likeness (QED) is 0.676. The molecule has 0 saturated carbocycles. The van der Waals surface area contributed by atoms with Gasteiger partial charge in [0.05, 0.1) is 5.56 Å². The average molecular weight is 301 g/mol. The van der Waals surface area contributed by atoms with Crippen LogP contribution in [-0.2, 0) is 12.1 Å². The van der Waals surface area contributed by atoms with Crippen LogP contribution < -0.4 is 4.74 Å². The third kappa shape index (κ3) is 3.25. The van der Waals surface area contributed by atoms with E-state index < -0.39 is 11.7 Å². The predicted octanol–water partition coefficient (Wildman–Crippen LogP) is 5.54. The Morgan fingerprint density at radius 1 is 1.10 bits per heavy atom. The maximum atomic E-state index is 12.9. The largest absolute Gasteiger partial charge is 0.457 e. The fourth-order valence-corrected chi connectivity index (χ4v) is 2.03. The Morgan fingerprint density at radius 3 is 2.40 bits per heavy atom. The van der Waals surface area contributed by atoms with Crippen LogP contribution in [-0.4, -0.2) is 0 Å². The maximum absolute atomic E-state index is 12.9. The van der Waals surface area contributed by atoms with Gasteiger partial charge in [-0.25, -0.2) is 0 Å². The zero-order chi connectivity index (χ0) is 14.8. The van der Waals surface area contributed by atoms with Gasteiger partial charge in [-0.3, -0.25) is 0 Å². The van der Waals surface area contributed by atoms with Gasteiger partial charge in [0.15, 0.2) is 0 Å². The molecule has 0 heterocycles. The zero-order valence-corrected chi connectivity index (χ0v) is 11.4. The summed E-state index contributed by atoms with van der Waals surface area (Å²) in [5.74, 6) is 0.471. The number of aryl methyl sites for hydroxylation is 1. The van der Waals surface area contributed by atoms with Gasteiger partial charge in [0.25, 0.3) is 0 Å². The molecular formula is C15H12ClF3O. The van der Waals surface area contributed by atoms with Crippen molar-refractivity contribution < 1.29 is 17.9 Å². The number of hydrogen-bond acceptors (Lipinski definition) is 1. The van der Waals surface area contributed by atoms with Crippen LogP contribution in [0.4, 0.5) is 13.2 Å². The molecule has 2 aromatic rings. The second-order valence-electron chi connectivity index (χ2n) is 4.32. The van der Waals surface area contributed by atoms with E-state index in [4.69, 9.17) is 16.3 Å². The monoisotopic (exact) mass is 300 g/mol. The summed E-state index contributed by atoms with van der Waals surface area (Å²) in [6, 6.07) is 10.9. The number of rotatable bonds is 3. The summed E-state index contributed by atoms with van der Waals surface area (Å²) in [6.45, 7) is 1.83. The van der Waals surface area contributed by atoms with Gasteiger partial charge in [-0.15, -0.1) is 11.6 Å². The highest BCUT2D eigenvalue weighted by atomic mass is 35.5. The van der Waals surface area contributed by atoms with Gasteiger partial charge in [-0.05, 0) is 36.2 Å². The lowest BCUT2D eigenvalue weighted by Crippen LogP contribution is -2.08. The molecule has 0 saturated heterocycles. The Labute approximate surface area is 119 Å². The molecular weight excluding hydrogens is 289 g/mol. The average Bonchev–Trinajstić information content (AvgIpc) is 2.40. The maximum Gasteiger partial charge on any atom is 0.416 e. The summed E-state index contributed by atoms with van der Waals surface area (Å²) in [5, 5.41) is 0. The molecule has 2 aromatic carbocycles. The summed E-state index contributed by atoms with van der Waals surface area (Å²) in [5.41, 5.74) is 0.123. The van der Waals surface area contributed by atoms with Crippen molar-refractivity contribution in [2.24, 2.45) is 0 Å². The molecule has 0 aromatic heterocycles. The first-order chi connectivity index (χ1) is 9.41. The third-order valence-corrected chi connectivity index (χ3v) is 3.14. The smallest absolute Gasteiger partial charge is 0.416 e. The molecule has 0 bridgehead atoms. The third-order valence-electron chi connectivity index (χ3n) is 2.85. The van der Waals surface area contributed by atoms with E-state index in [9.17, 15) is 13.2 Å². The molecule has 0 atom stereocenters. The molecule has 0 unspecified atom stereocenters. The fourth-order valence-electron chi connectivity index (χ4n) is 1.80. The highest BCUT2D eigenvalue weighted by molar-refractivity contribution is 6.17. The summed E-state index contributed by atoms with van der Waals surface area (Å²) in [4.78, 5) is 0. The molecule has 1 nitrogen and oxygen atoms in total. The van der Waals surface area contributed by atoms with Crippen LogP contribution in [0.25, 0.3) is 0 Å². The van der Waals surface area contributed by atoms with Gasteiger partial charge < -0.3 is 4.74 Å². The van der Waals surface area contributed by atoms with Crippen molar-refractivity contribution in [3.05, 3.63) is 59.2 Å². The fraction of sp³-hybridized carbons (Fsp3) is 0.200. The first kappa shape index (κ1) is 14.7. The molecule has 0 aliphatic carbocycles. The van der Waals surface area contributed by atoms with Crippen molar-refractivity contribution in [2.75, 3.05) is 0 Å². The molecule has 20 heavy (non-hydrogen) atoms. The van der Waals surface area contributed by atoms with Crippen molar-refractivity contribution in [1.82, 2.24) is 0 Å². The van der Waals surface area contributed by atoms with Gasteiger partial charge in [0.2, 0.25) is 0 Å². The number of para-hydroxylation sites is 1. The number of hydrogen-bond donors (Lipinski definition) is 0. The van der Waals surface area contributed by atoms with Crippen molar-refractivity contribution in [3.63, 3.8) is 0 Å². The van der Waals surface area contributed by atoms with Gasteiger partial charge in [0.1, 0.15) is 11.5 Å². The zero-order valence-electron chi connectivity index (χ0n) is 10.7. The Hall–Kier alpha value is -1.68. The second kappa shape index (κ2) is 5.75. The van der Waals surface area contributed by atoms with E-state index >= 15 is 0 Å². The van der Waals surface area contributed by atoms with E-state index in [2.05, 4.69) is 0 Å². The molecule has 2 rings (SSSR count). The molecule has 0 amide bonds. The van der Waals surface area contributed by atoms with Gasteiger partial charge in [0, 0.05) is 5.88 Å². The summed E-state index contributed by atoms with van der Waals surface area (Å²) in [7, 11) is 0. The number of benzene rings is 2. The lowest BCUT2D eigenvalue weighted by atomic mass is 10.1. The van der Waals surface area contributed by atoms with Gasteiger partial charge in [-0.1, -0.05) is 24.3 Å². The summed E-state index contributed by atoms with van der Waals surface area (Å²) >= 11 is 5.54. The minimum Gasteiger partial charge on any atom is -0.457 e. The molecule has 0 aliphatic rings. The lowest BCUT2D eigenvalue weighted by molar-refractivity contribution is -0.138. The van der Waals surface area contributed by atoms with E-state index in [1.165, 1.54) is 12.1 Å². The summed E-state index contributed by atoms with van der Waals surface area (Å²) < 4.78 is 44.3. The van der Waals surface area contributed by atoms with Gasteiger partial charge in [-0.2, -0.15) is 13.2 Å². The minimum atomic E-state index is -4.45. The lowest BCUT2D eigenvalue weighted by Gasteiger charge is -2.14. The standard InChI is InChI=1S/C15H12ClF3O/c1-10-4-2-3-5-14(10)20-12-7-6-11(9-16)13(8-12)15(17,18)19/h2-8H,9H2,1H3. The molecule has 106 valence electrons. The molecule has 0 spiro atoms. The van der Waals surface area contributed by atoms with Crippen LogP contribution >= 0.6 is 11.6 Å². The first-order valence-electron chi connectivity index (χ1n) is 5.91. The minimum absolute atomic E-state index is 0.0382. The number of halogens is 4. The Kier molecular flexibility index (Phi) is 4.23. The van der Waals surface area contributed by atoms with E-state index in [1.54, 1.807) is 12.1 Å². The van der Waals surface area contributed by atoms with Crippen molar-refractivity contribution in [1.29, 1.82) is 0 Å². The van der Waals surface area contributed by atoms with E-state index in [0.29, 0.717) is 5.75 Å². The van der Waals surface area contributed by atoms with Crippen LogP contribution in [0.3, 0.4) is 0 Å². The first-order valence-corrected chi connectivity index (χ1v) is 6.45. The van der Waals surface area contributed by atoms with Crippen LogP contribution in [0.5, 0.6) is 11.5 Å². The molecule has 0 aliphatic heterocycles.